The largest absolute Gasteiger partial charge is 0.479 e. The van der Waals surface area contributed by atoms with Gasteiger partial charge in [0.15, 0.2) is 5.54 Å². The molecule has 0 radical (unpaired) electrons. The Morgan fingerprint density at radius 2 is 1.95 bits per heavy atom. The van der Waals surface area contributed by atoms with E-state index in [1.165, 1.54) is 6.92 Å². The summed E-state index contributed by atoms with van der Waals surface area (Å²) in [5.41, 5.74) is -0.922. The number of carboxylic acid groups (broad SMARTS) is 1. The quantitative estimate of drug-likeness (QED) is 0.750. The Morgan fingerprint density at radius 3 is 2.45 bits per heavy atom. The molecule has 6 heteroatoms. The smallest absolute Gasteiger partial charge is 0.333 e. The van der Waals surface area contributed by atoms with E-state index in [1.54, 1.807) is 42.1 Å². The van der Waals surface area contributed by atoms with Crippen molar-refractivity contribution in [2.45, 2.75) is 24.6 Å². The van der Waals surface area contributed by atoms with Crippen LogP contribution in [-0.4, -0.2) is 35.2 Å². The third-order valence-electron chi connectivity index (χ3n) is 3.09. The van der Waals surface area contributed by atoms with Crippen LogP contribution in [0.15, 0.2) is 30.3 Å². The molecule has 0 bridgehead atoms. The Bertz CT molecular complexity index is 467. The zero-order valence-electron chi connectivity index (χ0n) is 11.8. The number of benzene rings is 1. The molecule has 3 N–H and O–H groups in total. The van der Waals surface area contributed by atoms with Crippen molar-refractivity contribution in [3.05, 3.63) is 35.9 Å². The van der Waals surface area contributed by atoms with Crippen molar-refractivity contribution in [3.8, 4) is 0 Å². The lowest BCUT2D eigenvalue weighted by atomic mass is 9.92. The summed E-state index contributed by atoms with van der Waals surface area (Å²) in [7, 11) is 0. The van der Waals surface area contributed by atoms with Crippen molar-refractivity contribution in [2.75, 3.05) is 12.8 Å². The lowest BCUT2D eigenvalue weighted by Gasteiger charge is -2.27. The maximum absolute atomic E-state index is 11.9. The van der Waals surface area contributed by atoms with Crippen LogP contribution in [0.1, 0.15) is 19.4 Å². The average Bonchev–Trinajstić information content (AvgIpc) is 2.45. The first kappa shape index (κ1) is 16.4. The fourth-order valence-electron chi connectivity index (χ4n) is 1.61. The molecule has 0 aliphatic rings. The number of carbonyl (C=O) groups excluding carboxylic acids is 1. The molecule has 2 amide bonds. The summed E-state index contributed by atoms with van der Waals surface area (Å²) in [6.07, 6.45) is 1.95. The van der Waals surface area contributed by atoms with Crippen LogP contribution in [0, 0.1) is 0 Å². The second kappa shape index (κ2) is 7.19. The van der Waals surface area contributed by atoms with Gasteiger partial charge >= 0.3 is 12.0 Å². The Labute approximate surface area is 123 Å². The topological polar surface area (TPSA) is 78.4 Å². The van der Waals surface area contributed by atoms with Crippen molar-refractivity contribution >= 4 is 23.8 Å². The maximum Gasteiger partial charge on any atom is 0.333 e. The van der Waals surface area contributed by atoms with E-state index in [9.17, 15) is 14.7 Å². The summed E-state index contributed by atoms with van der Waals surface area (Å²) in [4.78, 5) is 23.4. The summed E-state index contributed by atoms with van der Waals surface area (Å²) in [5.74, 6) is -1.10. The van der Waals surface area contributed by atoms with Crippen molar-refractivity contribution < 1.29 is 14.7 Å². The summed E-state index contributed by atoms with van der Waals surface area (Å²) < 4.78 is 0. The van der Waals surface area contributed by atoms with E-state index in [-0.39, 0.29) is 5.25 Å². The van der Waals surface area contributed by atoms with Gasteiger partial charge in [0.2, 0.25) is 0 Å². The van der Waals surface area contributed by atoms with Gasteiger partial charge in [0.25, 0.3) is 0 Å². The molecule has 5 nitrogen and oxygen atoms in total. The van der Waals surface area contributed by atoms with Crippen LogP contribution in [0.2, 0.25) is 0 Å². The van der Waals surface area contributed by atoms with E-state index in [0.717, 1.165) is 0 Å². The second-order valence-electron chi connectivity index (χ2n) is 4.68. The van der Waals surface area contributed by atoms with Crippen molar-refractivity contribution in [2.24, 2.45) is 0 Å². The molecule has 0 saturated carbocycles. The first-order valence-electron chi connectivity index (χ1n) is 6.28. The molecule has 0 aliphatic heterocycles. The van der Waals surface area contributed by atoms with Crippen LogP contribution < -0.4 is 10.6 Å². The SMILES string of the molecule is CSC(C)CNC(=O)NC(C)(C(=O)O)c1ccccc1. The second-order valence-corrected chi connectivity index (χ2v) is 5.95. The number of rotatable bonds is 6. The van der Waals surface area contributed by atoms with Crippen LogP contribution in [0.25, 0.3) is 0 Å². The van der Waals surface area contributed by atoms with Gasteiger partial charge in [-0.15, -0.1) is 0 Å². The molecule has 0 aromatic heterocycles. The Hall–Kier alpha value is -1.69. The van der Waals surface area contributed by atoms with Crippen LogP contribution in [0.3, 0.4) is 0 Å². The monoisotopic (exact) mass is 296 g/mol. The van der Waals surface area contributed by atoms with E-state index < -0.39 is 17.5 Å². The summed E-state index contributed by atoms with van der Waals surface area (Å²) in [6.45, 7) is 3.94. The molecule has 1 aromatic rings. The summed E-state index contributed by atoms with van der Waals surface area (Å²) in [5, 5.41) is 14.9. The Balaban J connectivity index is 2.78. The third kappa shape index (κ3) is 4.16. The highest BCUT2D eigenvalue weighted by atomic mass is 32.2. The van der Waals surface area contributed by atoms with Gasteiger partial charge in [0, 0.05) is 11.8 Å². The molecule has 1 rings (SSSR count). The molecule has 2 unspecified atom stereocenters. The zero-order chi connectivity index (χ0) is 15.2. The minimum atomic E-state index is -1.45. The number of hydrogen-bond acceptors (Lipinski definition) is 3. The van der Waals surface area contributed by atoms with Gasteiger partial charge in [-0.3, -0.25) is 0 Å². The highest BCUT2D eigenvalue weighted by molar-refractivity contribution is 7.99. The minimum Gasteiger partial charge on any atom is -0.479 e. The molecular weight excluding hydrogens is 276 g/mol. The summed E-state index contributed by atoms with van der Waals surface area (Å²) in [6, 6.07) is 8.15. The number of thioether (sulfide) groups is 1. The van der Waals surface area contributed by atoms with Gasteiger partial charge in [-0.05, 0) is 18.7 Å². The van der Waals surface area contributed by atoms with Crippen LogP contribution in [0.5, 0.6) is 0 Å². The van der Waals surface area contributed by atoms with Gasteiger partial charge in [0.05, 0.1) is 0 Å². The van der Waals surface area contributed by atoms with Gasteiger partial charge < -0.3 is 15.7 Å². The van der Waals surface area contributed by atoms with E-state index in [0.29, 0.717) is 12.1 Å². The number of carbonyl (C=O) groups is 2. The first-order valence-corrected chi connectivity index (χ1v) is 7.56. The first-order chi connectivity index (χ1) is 9.40. The highest BCUT2D eigenvalue weighted by Crippen LogP contribution is 2.20. The van der Waals surface area contributed by atoms with E-state index >= 15 is 0 Å². The van der Waals surface area contributed by atoms with E-state index in [4.69, 9.17) is 0 Å². The Morgan fingerprint density at radius 1 is 1.35 bits per heavy atom. The number of aliphatic carboxylic acids is 1. The molecule has 110 valence electrons. The highest BCUT2D eigenvalue weighted by Gasteiger charge is 2.36. The van der Waals surface area contributed by atoms with Gasteiger partial charge in [-0.25, -0.2) is 9.59 Å². The normalized spacial score (nSPS) is 14.9. The molecular formula is C14H20N2O3S. The van der Waals surface area contributed by atoms with Crippen LogP contribution in [0.4, 0.5) is 4.79 Å². The number of hydrogen-bond donors (Lipinski definition) is 3. The molecule has 0 spiro atoms. The number of carboxylic acids is 1. The standard InChI is InChI=1S/C14H20N2O3S/c1-10(20-3)9-15-13(19)16-14(2,12(17)18)11-7-5-4-6-8-11/h4-8,10H,9H2,1-3H3,(H,17,18)(H2,15,16,19). The predicted octanol–water partition coefficient (Wildman–Crippen LogP) is 2.04. The minimum absolute atomic E-state index is 0.272. The van der Waals surface area contributed by atoms with Crippen molar-refractivity contribution in [1.29, 1.82) is 0 Å². The Kier molecular flexibility index (Phi) is 5.88. The van der Waals surface area contributed by atoms with Crippen molar-refractivity contribution in [3.63, 3.8) is 0 Å². The third-order valence-corrected chi connectivity index (χ3v) is 4.07. The van der Waals surface area contributed by atoms with Crippen LogP contribution >= 0.6 is 11.8 Å². The van der Waals surface area contributed by atoms with E-state index in [1.807, 2.05) is 13.2 Å². The molecule has 2 atom stereocenters. The van der Waals surface area contributed by atoms with Gasteiger partial charge in [-0.1, -0.05) is 37.3 Å². The number of amides is 2. The molecule has 20 heavy (non-hydrogen) atoms. The fraction of sp³-hybridized carbons (Fsp3) is 0.429. The lowest BCUT2D eigenvalue weighted by molar-refractivity contribution is -0.144. The van der Waals surface area contributed by atoms with Gasteiger partial charge in [-0.2, -0.15) is 11.8 Å². The zero-order valence-corrected chi connectivity index (χ0v) is 12.7. The van der Waals surface area contributed by atoms with Crippen LogP contribution in [-0.2, 0) is 10.3 Å². The molecule has 0 fully saturated rings. The fourth-order valence-corrected chi connectivity index (χ4v) is 1.86. The molecule has 0 saturated heterocycles. The maximum atomic E-state index is 11.9. The number of nitrogens with one attached hydrogen (secondary N) is 2. The molecule has 0 aliphatic carbocycles. The average molecular weight is 296 g/mol. The summed E-state index contributed by atoms with van der Waals surface area (Å²) >= 11 is 1.63. The lowest BCUT2D eigenvalue weighted by Crippen LogP contribution is -2.53. The molecule has 1 aromatic carbocycles. The predicted molar refractivity (Wildman–Crippen MR) is 80.9 cm³/mol. The van der Waals surface area contributed by atoms with E-state index in [2.05, 4.69) is 10.6 Å². The van der Waals surface area contributed by atoms with Crippen molar-refractivity contribution in [1.82, 2.24) is 10.6 Å². The number of urea groups is 1. The van der Waals surface area contributed by atoms with Gasteiger partial charge in [0.1, 0.15) is 0 Å². The molecule has 0 heterocycles.